The molecule has 2 atom stereocenters. The highest BCUT2D eigenvalue weighted by Gasteiger charge is 2.44. The van der Waals surface area contributed by atoms with E-state index in [9.17, 15) is 14.4 Å². The molecule has 2 heterocycles. The van der Waals surface area contributed by atoms with Crippen LogP contribution >= 0.6 is 0 Å². The highest BCUT2D eigenvalue weighted by Crippen LogP contribution is 2.36. The number of nitrogens with zero attached hydrogens (tertiary/aromatic N) is 2. The first-order valence-electron chi connectivity index (χ1n) is 10.0. The first-order chi connectivity index (χ1) is 11.9. The van der Waals surface area contributed by atoms with Gasteiger partial charge in [0.1, 0.15) is 0 Å². The number of hydrogen-bond donors (Lipinski definition) is 0. The number of carbonyl (C=O) groups excluding carboxylic acids is 3. The Morgan fingerprint density at radius 1 is 1.04 bits per heavy atom. The van der Waals surface area contributed by atoms with Gasteiger partial charge in [0, 0.05) is 32.5 Å². The molecule has 0 aromatic carbocycles. The van der Waals surface area contributed by atoms with Crippen LogP contribution in [0.1, 0.15) is 73.6 Å². The van der Waals surface area contributed by atoms with Crippen molar-refractivity contribution in [3.05, 3.63) is 0 Å². The van der Waals surface area contributed by atoms with E-state index in [4.69, 9.17) is 0 Å². The van der Waals surface area contributed by atoms with Gasteiger partial charge in [0.25, 0.3) is 0 Å². The van der Waals surface area contributed by atoms with Crippen molar-refractivity contribution in [2.75, 3.05) is 19.6 Å². The fourth-order valence-electron chi connectivity index (χ4n) is 3.99. The lowest BCUT2D eigenvalue weighted by atomic mass is 9.80. The Balaban J connectivity index is 1.73. The smallest absolute Gasteiger partial charge is 0.233 e. The molecule has 5 nitrogen and oxygen atoms in total. The van der Waals surface area contributed by atoms with Gasteiger partial charge in [-0.25, -0.2) is 0 Å². The van der Waals surface area contributed by atoms with Gasteiger partial charge in [-0.2, -0.15) is 0 Å². The van der Waals surface area contributed by atoms with Crippen LogP contribution in [0, 0.1) is 22.7 Å². The molecule has 0 N–H and O–H groups in total. The van der Waals surface area contributed by atoms with Crippen LogP contribution in [0.25, 0.3) is 0 Å². The summed E-state index contributed by atoms with van der Waals surface area (Å²) in [5.41, 5.74) is 0.0614. The van der Waals surface area contributed by atoms with Crippen molar-refractivity contribution in [1.29, 1.82) is 0 Å². The summed E-state index contributed by atoms with van der Waals surface area (Å²) in [5.74, 6) is 0.467. The monoisotopic (exact) mass is 364 g/mol. The van der Waals surface area contributed by atoms with E-state index in [1.165, 1.54) is 4.90 Å². The summed E-state index contributed by atoms with van der Waals surface area (Å²) < 4.78 is 0. The number of unbranched alkanes of at least 4 members (excludes halogenated alkanes) is 1. The second-order valence-electron chi connectivity index (χ2n) is 10.2. The van der Waals surface area contributed by atoms with Crippen molar-refractivity contribution in [3.63, 3.8) is 0 Å². The van der Waals surface area contributed by atoms with Crippen LogP contribution in [-0.2, 0) is 14.4 Å². The van der Waals surface area contributed by atoms with Crippen LogP contribution in [0.3, 0.4) is 0 Å². The van der Waals surface area contributed by atoms with Crippen LogP contribution in [0.2, 0.25) is 0 Å². The van der Waals surface area contributed by atoms with Gasteiger partial charge in [0.15, 0.2) is 0 Å². The van der Waals surface area contributed by atoms with Crippen molar-refractivity contribution in [2.45, 2.75) is 73.6 Å². The summed E-state index contributed by atoms with van der Waals surface area (Å²) in [5, 5.41) is 0. The summed E-state index contributed by atoms with van der Waals surface area (Å²) in [7, 11) is 0. The SMILES string of the molecule is CC(C)(C)C1CC(=O)N(CCCCC(=O)N2CC[C@H](C(C)(C)C)C2)C1=O. The van der Waals surface area contributed by atoms with E-state index in [1.54, 1.807) is 0 Å². The van der Waals surface area contributed by atoms with E-state index in [0.717, 1.165) is 25.9 Å². The third kappa shape index (κ3) is 4.86. The van der Waals surface area contributed by atoms with Crippen LogP contribution in [0.4, 0.5) is 0 Å². The maximum atomic E-state index is 12.5. The Labute approximate surface area is 158 Å². The molecule has 0 aromatic rings. The quantitative estimate of drug-likeness (QED) is 0.554. The number of imide groups is 1. The molecule has 0 aliphatic carbocycles. The number of likely N-dealkylation sites (tertiary alicyclic amines) is 2. The van der Waals surface area contributed by atoms with Gasteiger partial charge >= 0.3 is 0 Å². The van der Waals surface area contributed by atoms with Crippen LogP contribution in [0.5, 0.6) is 0 Å². The Bertz CT molecular complexity index is 557. The van der Waals surface area contributed by atoms with E-state index in [1.807, 2.05) is 25.7 Å². The maximum Gasteiger partial charge on any atom is 0.233 e. The Morgan fingerprint density at radius 2 is 1.69 bits per heavy atom. The minimum Gasteiger partial charge on any atom is -0.342 e. The van der Waals surface area contributed by atoms with Crippen LogP contribution in [-0.4, -0.2) is 47.2 Å². The Hall–Kier alpha value is -1.39. The van der Waals surface area contributed by atoms with Gasteiger partial charge in [-0.05, 0) is 36.0 Å². The molecule has 148 valence electrons. The van der Waals surface area contributed by atoms with Crippen molar-refractivity contribution in [2.24, 2.45) is 22.7 Å². The average molecular weight is 365 g/mol. The number of amides is 3. The van der Waals surface area contributed by atoms with Crippen molar-refractivity contribution in [3.8, 4) is 0 Å². The van der Waals surface area contributed by atoms with Crippen molar-refractivity contribution < 1.29 is 14.4 Å². The molecule has 2 fully saturated rings. The minimum absolute atomic E-state index is 0.0404. The molecular weight excluding hydrogens is 328 g/mol. The molecule has 0 spiro atoms. The molecule has 0 saturated carbocycles. The van der Waals surface area contributed by atoms with Gasteiger partial charge < -0.3 is 4.90 Å². The summed E-state index contributed by atoms with van der Waals surface area (Å²) in [6.45, 7) is 14.9. The second-order valence-corrected chi connectivity index (χ2v) is 10.2. The summed E-state index contributed by atoms with van der Waals surface area (Å²) in [6.07, 6.45) is 3.35. The molecule has 0 bridgehead atoms. The van der Waals surface area contributed by atoms with Gasteiger partial charge in [0.05, 0.1) is 5.92 Å². The molecule has 0 radical (unpaired) electrons. The summed E-state index contributed by atoms with van der Waals surface area (Å²) in [4.78, 5) is 40.4. The first kappa shape index (κ1) is 20.9. The zero-order valence-electron chi connectivity index (χ0n) is 17.4. The zero-order chi connectivity index (χ0) is 19.7. The van der Waals surface area contributed by atoms with E-state index in [2.05, 4.69) is 20.8 Å². The standard InChI is InChI=1S/C21H36N2O3/c1-20(2,3)15-10-12-22(14-15)17(24)9-7-8-11-23-18(25)13-16(19(23)26)21(4,5)6/h15-16H,7-14H2,1-6H3/t15-,16?/m0/s1. The molecular formula is C21H36N2O3. The maximum absolute atomic E-state index is 12.5. The lowest BCUT2D eigenvalue weighted by Crippen LogP contribution is -2.35. The van der Waals surface area contributed by atoms with E-state index in [-0.39, 0.29) is 34.5 Å². The summed E-state index contributed by atoms with van der Waals surface area (Å²) in [6, 6.07) is 0. The molecule has 0 aromatic heterocycles. The number of rotatable bonds is 5. The van der Waals surface area contributed by atoms with Crippen LogP contribution in [0.15, 0.2) is 0 Å². The van der Waals surface area contributed by atoms with Crippen molar-refractivity contribution in [1.82, 2.24) is 9.80 Å². The number of hydrogen-bond acceptors (Lipinski definition) is 3. The molecule has 2 aliphatic rings. The molecule has 2 aliphatic heterocycles. The fourth-order valence-corrected chi connectivity index (χ4v) is 3.99. The van der Waals surface area contributed by atoms with Crippen LogP contribution < -0.4 is 0 Å². The number of carbonyl (C=O) groups is 3. The van der Waals surface area contributed by atoms with Gasteiger partial charge in [-0.1, -0.05) is 41.5 Å². The molecule has 1 unspecified atom stereocenters. The molecule has 2 rings (SSSR count). The largest absolute Gasteiger partial charge is 0.342 e. The lowest BCUT2D eigenvalue weighted by Gasteiger charge is -2.27. The Kier molecular flexibility index (Phi) is 6.19. The minimum atomic E-state index is -0.212. The van der Waals surface area contributed by atoms with Gasteiger partial charge in [-0.3, -0.25) is 19.3 Å². The Morgan fingerprint density at radius 3 is 2.19 bits per heavy atom. The topological polar surface area (TPSA) is 57.7 Å². The third-order valence-corrected chi connectivity index (χ3v) is 6.08. The molecule has 2 saturated heterocycles. The predicted molar refractivity (Wildman–Crippen MR) is 102 cm³/mol. The highest BCUT2D eigenvalue weighted by molar-refractivity contribution is 6.03. The van der Waals surface area contributed by atoms with Crippen molar-refractivity contribution >= 4 is 17.7 Å². The third-order valence-electron chi connectivity index (χ3n) is 6.08. The first-order valence-corrected chi connectivity index (χ1v) is 10.0. The molecule has 26 heavy (non-hydrogen) atoms. The van der Waals surface area contributed by atoms with E-state index < -0.39 is 0 Å². The average Bonchev–Trinajstić information content (AvgIpc) is 3.09. The predicted octanol–water partition coefficient (Wildman–Crippen LogP) is 3.47. The highest BCUT2D eigenvalue weighted by atomic mass is 16.2. The molecule has 3 amide bonds. The fraction of sp³-hybridized carbons (Fsp3) is 0.857. The van der Waals surface area contributed by atoms with E-state index >= 15 is 0 Å². The lowest BCUT2D eigenvalue weighted by molar-refractivity contribution is -0.140. The zero-order valence-corrected chi connectivity index (χ0v) is 17.4. The molecule has 5 heteroatoms. The van der Waals surface area contributed by atoms with Gasteiger partial charge in [0.2, 0.25) is 17.7 Å². The normalized spacial score (nSPS) is 24.7. The van der Waals surface area contributed by atoms with Gasteiger partial charge in [-0.15, -0.1) is 0 Å². The van der Waals surface area contributed by atoms with E-state index in [0.29, 0.717) is 31.7 Å². The summed E-state index contributed by atoms with van der Waals surface area (Å²) >= 11 is 0. The second kappa shape index (κ2) is 7.69.